The first-order valence-electron chi connectivity index (χ1n) is 4.92. The van der Waals surface area contributed by atoms with Gasteiger partial charge in [-0.15, -0.1) is 6.58 Å². The smallest absolute Gasteiger partial charge is 0.333 e. The minimum absolute atomic E-state index is 0.189. The normalized spacial score (nSPS) is 34.1. The van der Waals surface area contributed by atoms with E-state index in [0.29, 0.717) is 18.0 Å². The first-order valence-corrected chi connectivity index (χ1v) is 4.92. The van der Waals surface area contributed by atoms with Gasteiger partial charge in [-0.3, -0.25) is 0 Å². The largest absolute Gasteiger partial charge is 0.466 e. The molecular weight excluding hydrogens is 178 g/mol. The standard InChI is InChI=1S/C11H15NO2/c1-3-4-7-5-8(11(13)14-2)6-9-10(7)12-9/h3,5,7,9-10,12H,1,4,6H2,2H3/t7-,9-,10+/m0/s1. The van der Waals surface area contributed by atoms with Crippen LogP contribution in [0.4, 0.5) is 0 Å². The fourth-order valence-electron chi connectivity index (χ4n) is 2.16. The lowest BCUT2D eigenvalue weighted by atomic mass is 9.88. The number of carbonyl (C=O) groups is 1. The molecule has 0 unspecified atom stereocenters. The third kappa shape index (κ3) is 1.60. The number of rotatable bonds is 3. The topological polar surface area (TPSA) is 48.2 Å². The van der Waals surface area contributed by atoms with E-state index in [1.165, 1.54) is 7.11 Å². The molecule has 0 aromatic rings. The summed E-state index contributed by atoms with van der Waals surface area (Å²) in [6.07, 6.45) is 5.67. The number of nitrogens with one attached hydrogen (secondary N) is 1. The van der Waals surface area contributed by atoms with E-state index in [4.69, 9.17) is 4.74 Å². The highest BCUT2D eigenvalue weighted by Crippen LogP contribution is 2.35. The summed E-state index contributed by atoms with van der Waals surface area (Å²) in [6, 6.07) is 1.04. The van der Waals surface area contributed by atoms with Crippen molar-refractivity contribution in [3.05, 3.63) is 24.3 Å². The van der Waals surface area contributed by atoms with Crippen molar-refractivity contribution in [2.45, 2.75) is 24.9 Å². The van der Waals surface area contributed by atoms with Crippen LogP contribution in [0.2, 0.25) is 0 Å². The average Bonchev–Trinajstić information content (AvgIpc) is 2.96. The van der Waals surface area contributed by atoms with Crippen LogP contribution >= 0.6 is 0 Å². The summed E-state index contributed by atoms with van der Waals surface area (Å²) in [5, 5.41) is 3.37. The highest BCUT2D eigenvalue weighted by Gasteiger charge is 2.45. The zero-order valence-corrected chi connectivity index (χ0v) is 8.32. The molecule has 0 spiro atoms. The van der Waals surface area contributed by atoms with Gasteiger partial charge in [0.1, 0.15) is 0 Å². The molecule has 1 N–H and O–H groups in total. The Morgan fingerprint density at radius 2 is 2.64 bits per heavy atom. The fourth-order valence-corrected chi connectivity index (χ4v) is 2.16. The quantitative estimate of drug-likeness (QED) is 0.413. The van der Waals surface area contributed by atoms with Crippen LogP contribution in [0.1, 0.15) is 12.8 Å². The van der Waals surface area contributed by atoms with E-state index in [0.717, 1.165) is 18.4 Å². The third-order valence-electron chi connectivity index (χ3n) is 2.93. The molecule has 14 heavy (non-hydrogen) atoms. The lowest BCUT2D eigenvalue weighted by Crippen LogP contribution is -2.18. The Labute approximate surface area is 83.8 Å². The molecule has 1 heterocycles. The number of hydrogen-bond donors (Lipinski definition) is 1. The van der Waals surface area contributed by atoms with E-state index in [-0.39, 0.29) is 5.97 Å². The molecule has 1 aliphatic heterocycles. The minimum Gasteiger partial charge on any atom is -0.466 e. The van der Waals surface area contributed by atoms with Gasteiger partial charge < -0.3 is 10.1 Å². The zero-order valence-electron chi connectivity index (χ0n) is 8.32. The second-order valence-electron chi connectivity index (χ2n) is 3.87. The third-order valence-corrected chi connectivity index (χ3v) is 2.93. The Balaban J connectivity index is 2.10. The molecule has 0 aromatic carbocycles. The summed E-state index contributed by atoms with van der Waals surface area (Å²) in [5.74, 6) is 0.228. The number of allylic oxidation sites excluding steroid dienone is 1. The Morgan fingerprint density at radius 1 is 1.86 bits per heavy atom. The van der Waals surface area contributed by atoms with E-state index in [1.807, 2.05) is 12.2 Å². The van der Waals surface area contributed by atoms with Crippen molar-refractivity contribution in [1.29, 1.82) is 0 Å². The zero-order chi connectivity index (χ0) is 10.1. The van der Waals surface area contributed by atoms with E-state index >= 15 is 0 Å². The van der Waals surface area contributed by atoms with Crippen LogP contribution in [-0.2, 0) is 9.53 Å². The first kappa shape index (κ1) is 9.46. The molecule has 2 aliphatic rings. The molecule has 1 fully saturated rings. The highest BCUT2D eigenvalue weighted by atomic mass is 16.5. The van der Waals surface area contributed by atoms with Crippen LogP contribution in [0.25, 0.3) is 0 Å². The lowest BCUT2D eigenvalue weighted by molar-refractivity contribution is -0.136. The summed E-state index contributed by atoms with van der Waals surface area (Å²) < 4.78 is 4.72. The highest BCUT2D eigenvalue weighted by molar-refractivity contribution is 5.89. The van der Waals surface area contributed by atoms with Crippen molar-refractivity contribution in [3.63, 3.8) is 0 Å². The summed E-state index contributed by atoms with van der Waals surface area (Å²) in [4.78, 5) is 11.3. The molecular formula is C11H15NO2. The first-order chi connectivity index (χ1) is 6.76. The molecule has 2 rings (SSSR count). The van der Waals surface area contributed by atoms with Gasteiger partial charge in [0.15, 0.2) is 0 Å². The molecule has 3 heteroatoms. The van der Waals surface area contributed by atoms with Gasteiger partial charge in [0, 0.05) is 17.7 Å². The maximum Gasteiger partial charge on any atom is 0.333 e. The number of ether oxygens (including phenoxy) is 1. The average molecular weight is 193 g/mol. The second kappa shape index (κ2) is 3.58. The van der Waals surface area contributed by atoms with Gasteiger partial charge in [-0.25, -0.2) is 4.79 Å². The summed E-state index contributed by atoms with van der Waals surface area (Å²) in [6.45, 7) is 3.72. The van der Waals surface area contributed by atoms with Crippen molar-refractivity contribution in [3.8, 4) is 0 Å². The molecule has 0 bridgehead atoms. The minimum atomic E-state index is -0.189. The van der Waals surface area contributed by atoms with Gasteiger partial charge in [-0.05, 0) is 18.8 Å². The van der Waals surface area contributed by atoms with Crippen LogP contribution in [0, 0.1) is 5.92 Å². The summed E-state index contributed by atoms with van der Waals surface area (Å²) in [5.41, 5.74) is 0.811. The predicted molar refractivity (Wildman–Crippen MR) is 53.7 cm³/mol. The van der Waals surface area contributed by atoms with Crippen LogP contribution in [0.3, 0.4) is 0 Å². The van der Waals surface area contributed by atoms with Gasteiger partial charge >= 0.3 is 5.97 Å². The van der Waals surface area contributed by atoms with Gasteiger partial charge in [0.25, 0.3) is 0 Å². The Morgan fingerprint density at radius 3 is 3.29 bits per heavy atom. The van der Waals surface area contributed by atoms with Crippen LogP contribution in [0.5, 0.6) is 0 Å². The van der Waals surface area contributed by atoms with Crippen molar-refractivity contribution >= 4 is 5.97 Å². The van der Waals surface area contributed by atoms with Crippen molar-refractivity contribution in [1.82, 2.24) is 5.32 Å². The van der Waals surface area contributed by atoms with Crippen LogP contribution in [-0.4, -0.2) is 25.2 Å². The maximum absolute atomic E-state index is 11.3. The maximum atomic E-state index is 11.3. The Bertz CT molecular complexity index is 296. The SMILES string of the molecule is C=CC[C@H]1C=C(C(=O)OC)C[C@@H]2N[C@H]12. The molecule has 76 valence electrons. The lowest BCUT2D eigenvalue weighted by Gasteiger charge is -2.16. The van der Waals surface area contributed by atoms with Crippen molar-refractivity contribution in [2.75, 3.05) is 7.11 Å². The van der Waals surface area contributed by atoms with Gasteiger partial charge in [0.2, 0.25) is 0 Å². The van der Waals surface area contributed by atoms with E-state index in [2.05, 4.69) is 11.9 Å². The molecule has 1 saturated heterocycles. The van der Waals surface area contributed by atoms with Crippen LogP contribution in [0.15, 0.2) is 24.3 Å². The number of methoxy groups -OCH3 is 1. The number of carbonyl (C=O) groups excluding carboxylic acids is 1. The second-order valence-corrected chi connectivity index (χ2v) is 3.87. The monoisotopic (exact) mass is 193 g/mol. The molecule has 3 nitrogen and oxygen atoms in total. The molecule has 0 aromatic heterocycles. The van der Waals surface area contributed by atoms with Crippen LogP contribution < -0.4 is 5.32 Å². The summed E-state index contributed by atoms with van der Waals surface area (Å²) >= 11 is 0. The van der Waals surface area contributed by atoms with Crippen molar-refractivity contribution < 1.29 is 9.53 Å². The Kier molecular flexibility index (Phi) is 2.42. The summed E-state index contributed by atoms with van der Waals surface area (Å²) in [7, 11) is 1.43. The number of fused-ring (bicyclic) bond motifs is 1. The molecule has 0 saturated carbocycles. The number of esters is 1. The number of hydrogen-bond acceptors (Lipinski definition) is 3. The van der Waals surface area contributed by atoms with Gasteiger partial charge in [0.05, 0.1) is 7.11 Å². The fraction of sp³-hybridized carbons (Fsp3) is 0.545. The van der Waals surface area contributed by atoms with E-state index in [9.17, 15) is 4.79 Å². The van der Waals surface area contributed by atoms with E-state index < -0.39 is 0 Å². The predicted octanol–water partition coefficient (Wildman–Crippen LogP) is 1.02. The molecule has 0 amide bonds. The Hall–Kier alpha value is -1.09. The van der Waals surface area contributed by atoms with Gasteiger partial charge in [-0.2, -0.15) is 0 Å². The molecule has 3 atom stereocenters. The van der Waals surface area contributed by atoms with Gasteiger partial charge in [-0.1, -0.05) is 12.2 Å². The van der Waals surface area contributed by atoms with Crippen molar-refractivity contribution in [2.24, 2.45) is 5.92 Å². The molecule has 1 aliphatic carbocycles. The van der Waals surface area contributed by atoms with E-state index in [1.54, 1.807) is 0 Å². The molecule has 0 radical (unpaired) electrons.